The first-order valence-corrected chi connectivity index (χ1v) is 50.5. The van der Waals surface area contributed by atoms with E-state index in [1.807, 2.05) is 191 Å². The van der Waals surface area contributed by atoms with Crippen molar-refractivity contribution in [3.8, 4) is 73.6 Å². The van der Waals surface area contributed by atoms with Gasteiger partial charge in [-0.25, -0.2) is 23.4 Å². The molecule has 18 rings (SSSR count). The summed E-state index contributed by atoms with van der Waals surface area (Å²) >= 11 is 15.7. The molecule has 17 aromatic rings. The van der Waals surface area contributed by atoms with E-state index in [2.05, 4.69) is 182 Å². The average Bonchev–Trinajstić information content (AvgIpc) is 0.828. The first-order valence-electron chi connectivity index (χ1n) is 48.9. The van der Waals surface area contributed by atoms with Crippen LogP contribution in [-0.2, 0) is 32.7 Å². The Morgan fingerprint density at radius 3 is 1.13 bits per heavy atom. The van der Waals surface area contributed by atoms with Crippen LogP contribution in [0.5, 0.6) is 40.2 Å². The summed E-state index contributed by atoms with van der Waals surface area (Å²) < 4.78 is 41.4. The van der Waals surface area contributed by atoms with E-state index >= 15 is 0 Å². The molecule has 6 heterocycles. The van der Waals surface area contributed by atoms with Gasteiger partial charge in [-0.1, -0.05) is 222 Å². The second-order valence-corrected chi connectivity index (χ2v) is 37.5. The van der Waals surface area contributed by atoms with Crippen LogP contribution in [0.25, 0.3) is 33.4 Å². The minimum atomic E-state index is -0.276. The van der Waals surface area contributed by atoms with E-state index in [0.29, 0.717) is 135 Å². The van der Waals surface area contributed by atoms with E-state index in [1.165, 1.54) is 81.6 Å². The molecule has 5 aromatic heterocycles. The Morgan fingerprint density at radius 2 is 0.707 bits per heavy atom. The Morgan fingerprint density at radius 1 is 0.333 bits per heavy atom. The molecule has 0 amide bonds. The number of ether oxygens (including phenoxy) is 6. The molecule has 1 aliphatic heterocycles. The van der Waals surface area contributed by atoms with Crippen molar-refractivity contribution in [1.82, 2.24) is 48.9 Å². The third-order valence-corrected chi connectivity index (χ3v) is 26.4. The average molecular weight is 2120 g/mol. The number of hydrogen-bond acceptors (Lipinski definition) is 22. The molecule has 0 aliphatic carbocycles. The number of phenols is 1. The second kappa shape index (κ2) is 54.4. The lowest BCUT2D eigenvalue weighted by Crippen LogP contribution is -2.47. The van der Waals surface area contributed by atoms with E-state index in [-0.39, 0.29) is 46.0 Å². The largest absolute Gasteiger partial charge is 0.508 e. The fourth-order valence-corrected chi connectivity index (χ4v) is 17.3. The van der Waals surface area contributed by atoms with Crippen LogP contribution in [0.4, 0.5) is 29.0 Å². The van der Waals surface area contributed by atoms with Crippen molar-refractivity contribution in [2.75, 3.05) is 113 Å². The zero-order valence-corrected chi connectivity index (χ0v) is 88.7. The monoisotopic (exact) mass is 2120 g/mol. The van der Waals surface area contributed by atoms with E-state index in [4.69, 9.17) is 56.7 Å². The molecule has 30 heteroatoms. The predicted octanol–water partition coefficient (Wildman–Crippen LogP) is 22.5. The summed E-state index contributed by atoms with van der Waals surface area (Å²) in [5.41, 5.74) is 22.2. The second-order valence-electron chi connectivity index (χ2n) is 35.9. The fraction of sp³-hybridized carbons (Fsp3) is 0.233. The first kappa shape index (κ1) is 111. The molecule has 1 saturated heterocycles. The molecule has 0 atom stereocenters. The predicted molar refractivity (Wildman–Crippen MR) is 607 cm³/mol. The molecule has 1 aliphatic rings. The number of hydrogen-bond donors (Lipinski definition) is 4. The molecule has 150 heavy (non-hydrogen) atoms. The van der Waals surface area contributed by atoms with E-state index in [9.17, 15) is 29.1 Å². The van der Waals surface area contributed by atoms with Crippen molar-refractivity contribution in [2.24, 2.45) is 0 Å². The van der Waals surface area contributed by atoms with Crippen LogP contribution in [-0.4, -0.2) is 141 Å². The molecule has 27 nitrogen and oxygen atoms in total. The summed E-state index contributed by atoms with van der Waals surface area (Å²) in [7, 11) is 4.83. The molecular formula is C120H126BrCl2N15O12. The Kier molecular flexibility index (Phi) is 40.2. The normalized spacial score (nSPS) is 11.3. The van der Waals surface area contributed by atoms with E-state index in [0.717, 1.165) is 103 Å². The third kappa shape index (κ3) is 31.2. The number of benzene rings is 12. The smallest absolute Gasteiger partial charge is 0.286 e. The number of anilines is 5. The van der Waals surface area contributed by atoms with Gasteiger partial charge in [0.2, 0.25) is 0 Å². The molecule has 774 valence electrons. The zero-order chi connectivity index (χ0) is 105. The van der Waals surface area contributed by atoms with Crippen LogP contribution in [0.2, 0.25) is 10.0 Å². The molecule has 12 aromatic carbocycles. The van der Waals surface area contributed by atoms with Crippen molar-refractivity contribution in [3.63, 3.8) is 0 Å². The maximum Gasteiger partial charge on any atom is 0.286 e. The topological polar surface area (TPSA) is 293 Å². The lowest BCUT2D eigenvalue weighted by atomic mass is 9.97. The van der Waals surface area contributed by atoms with Crippen LogP contribution in [0, 0.1) is 62.3 Å². The Labute approximate surface area is 893 Å². The molecule has 0 radical (unpaired) electrons. The summed E-state index contributed by atoms with van der Waals surface area (Å²) in [5, 5.41) is 42.5. The van der Waals surface area contributed by atoms with Crippen molar-refractivity contribution in [1.29, 1.82) is 0 Å². The fourth-order valence-electron chi connectivity index (χ4n) is 16.6. The highest BCUT2D eigenvalue weighted by Crippen LogP contribution is 2.34. The molecule has 0 unspecified atom stereocenters. The van der Waals surface area contributed by atoms with Crippen LogP contribution in [0.1, 0.15) is 85.3 Å². The van der Waals surface area contributed by atoms with Gasteiger partial charge < -0.3 is 59.3 Å². The number of aromatic hydroxyl groups is 1. The summed E-state index contributed by atoms with van der Waals surface area (Å²) in [6, 6.07) is 98.2. The van der Waals surface area contributed by atoms with Gasteiger partial charge >= 0.3 is 0 Å². The maximum atomic E-state index is 12.7. The number of para-hydroxylation sites is 7. The number of aromatic nitrogens is 10. The van der Waals surface area contributed by atoms with Gasteiger partial charge in [-0.3, -0.25) is 24.0 Å². The Bertz CT molecular complexity index is 7640. The van der Waals surface area contributed by atoms with E-state index < -0.39 is 0 Å². The molecular weight excluding hydrogens is 1990 g/mol. The Balaban J connectivity index is 0.000000157. The zero-order valence-electron chi connectivity index (χ0n) is 85.6. The minimum absolute atomic E-state index is 0. The number of nitrogens with zero attached hydrogens (tertiary/aromatic N) is 12. The van der Waals surface area contributed by atoms with Gasteiger partial charge in [0.05, 0.1) is 79.9 Å². The van der Waals surface area contributed by atoms with Crippen molar-refractivity contribution < 1.29 is 33.5 Å². The number of methoxy groups -OCH3 is 3. The number of aryl methyl sites for hydroxylation is 9. The highest BCUT2D eigenvalue weighted by Gasteiger charge is 2.22. The maximum absolute atomic E-state index is 12.7. The first-order chi connectivity index (χ1) is 72.1. The summed E-state index contributed by atoms with van der Waals surface area (Å²) in [6.45, 7) is 26.9. The van der Waals surface area contributed by atoms with Gasteiger partial charge in [0.1, 0.15) is 53.9 Å². The van der Waals surface area contributed by atoms with Gasteiger partial charge in [-0.2, -0.15) is 25.5 Å². The number of nitrogens with one attached hydrogen (secondary N) is 3. The summed E-state index contributed by atoms with van der Waals surface area (Å²) in [6.07, 6.45) is 1.61. The number of piperazine rings is 1. The molecule has 4 N–H and O–H groups in total. The van der Waals surface area contributed by atoms with Crippen molar-refractivity contribution >= 4 is 68.1 Å². The van der Waals surface area contributed by atoms with E-state index in [1.54, 1.807) is 75.5 Å². The number of rotatable bonds is 33. The minimum Gasteiger partial charge on any atom is -0.508 e. The van der Waals surface area contributed by atoms with Gasteiger partial charge in [0.25, 0.3) is 27.8 Å². The molecule has 0 saturated carbocycles. The highest BCUT2D eigenvalue weighted by molar-refractivity contribution is 9.10. The van der Waals surface area contributed by atoms with Gasteiger partial charge in [-0.15, -0.1) is 0 Å². The molecule has 0 spiro atoms. The molecule has 0 bridgehead atoms. The molecule has 1 fully saturated rings. The standard InChI is InChI=1S/C30H32N4O.C27H27N3O4.C22H25N3O3.C21H22BrN3O3.C19H16Cl2N2O.CH4/c1-22-7-6-9-26(19-22)27-20-25(12-11-23(27)2)21-34-30(35)14-13-29(31-34)33-17-15-32(16-18-33)28-10-5-4-8-24(28)3;1-19-10-11-20(16-23(19)21-6-5-7-22(31)17-21)18-30-27(32)13-12-26(29-30)28-14-15-34-25-9-4-3-8-24(25)33-2;1-16-8-9-18(14-17(16)2)15-25-22(26)11-10-21(24-25)23-12-13-28-20-7-5-4-6-19(20)27-3;1-15-7-8-16(13-17(15)22)14-25-21(26)10-9-20(24-25)23-11-12-28-19-6-4-3-5-18(19)27-2;1-12-6-7-14(8-17(12)15-4-3-5-16(20)9-15)11-23-19(24)18(21)13(2)10-22-23;/h4-14,19-20H,15-18,21H2,1-3H3;3-13,16-17,31H,14-15,18H2,1-2H3,(H,28,29);4-11,14H,12-13,15H2,1-3H3,(H,23,24);3-10,13H,11-12,14H2,1-2H3,(H,23,24);3-10H,11H2,1-2H3;1H4. The number of halogens is 3. The van der Waals surface area contributed by atoms with Crippen LogP contribution < -0.4 is 82.0 Å². The van der Waals surface area contributed by atoms with Crippen LogP contribution in [0.15, 0.2) is 344 Å². The SMILES string of the molecule is C.COc1ccccc1OCCNc1ccc(=O)n(Cc2ccc(C)c(-c3cccc(O)c3)c2)n1.COc1ccccc1OCCNc1ccc(=O)n(Cc2ccc(C)c(Br)c2)n1.COc1ccccc1OCCNc1ccc(=O)n(Cc2ccc(C)c(C)c2)n1.Cc1ccc(Cn2ncc(C)c(Cl)c2=O)cc1-c1cccc(Cl)c1.Cc1cccc(-c2cc(Cn3nc(N4CCN(c5ccccc5C)CC4)ccc3=O)ccc2C)c1. The quantitative estimate of drug-likeness (QED) is 0.0278. The lowest BCUT2D eigenvalue weighted by molar-refractivity contribution is 0.305. The third-order valence-electron chi connectivity index (χ3n) is 24.9. The number of phenolic OH excluding ortho intramolecular Hbond substituents is 1. The lowest BCUT2D eigenvalue weighted by Gasteiger charge is -2.37. The van der Waals surface area contributed by atoms with Gasteiger partial charge in [0.15, 0.2) is 34.5 Å². The van der Waals surface area contributed by atoms with Crippen molar-refractivity contribution in [3.05, 3.63) is 460 Å². The summed E-state index contributed by atoms with van der Waals surface area (Å²) in [5.74, 6) is 7.04. The van der Waals surface area contributed by atoms with Crippen LogP contribution in [0.3, 0.4) is 0 Å². The van der Waals surface area contributed by atoms with Gasteiger partial charge in [-0.05, 0) is 283 Å². The van der Waals surface area contributed by atoms with Gasteiger partial charge in [0, 0.05) is 65.6 Å². The Hall–Kier alpha value is -16.3. The van der Waals surface area contributed by atoms with Crippen molar-refractivity contribution in [2.45, 2.75) is 102 Å². The summed E-state index contributed by atoms with van der Waals surface area (Å²) in [4.78, 5) is 66.3. The highest BCUT2D eigenvalue weighted by atomic mass is 79.9. The van der Waals surface area contributed by atoms with Crippen LogP contribution >= 0.6 is 39.1 Å².